The van der Waals surface area contributed by atoms with Gasteiger partial charge in [0.25, 0.3) is 0 Å². The molecule has 0 aromatic heterocycles. The number of hydrogen-bond donors (Lipinski definition) is 0. The molecule has 0 atom stereocenters. The summed E-state index contributed by atoms with van der Waals surface area (Å²) in [6.45, 7) is 4.41. The van der Waals surface area contributed by atoms with Gasteiger partial charge in [0.1, 0.15) is 0 Å². The summed E-state index contributed by atoms with van der Waals surface area (Å²) < 4.78 is 0. The fraction of sp³-hybridized carbons (Fsp3) is 0.400. The molecule has 0 unspecified atom stereocenters. The minimum Gasteiger partial charge on any atom is -0.0654 e. The zero-order chi connectivity index (χ0) is 14.2. The van der Waals surface area contributed by atoms with Crippen molar-refractivity contribution >= 4 is 0 Å². The van der Waals surface area contributed by atoms with Crippen molar-refractivity contribution in [1.82, 2.24) is 0 Å². The van der Waals surface area contributed by atoms with E-state index in [1.54, 1.807) is 0 Å². The van der Waals surface area contributed by atoms with E-state index in [1.807, 2.05) is 0 Å². The second-order valence-electron chi connectivity index (χ2n) is 5.73. The molecule has 0 nitrogen and oxygen atoms in total. The van der Waals surface area contributed by atoms with Gasteiger partial charge >= 0.3 is 0 Å². The van der Waals surface area contributed by atoms with Crippen LogP contribution in [-0.2, 0) is 6.42 Å². The zero-order valence-corrected chi connectivity index (χ0v) is 12.9. The van der Waals surface area contributed by atoms with E-state index < -0.39 is 0 Å². The fourth-order valence-electron chi connectivity index (χ4n) is 2.62. The molecular weight excluding hydrogens is 240 g/mol. The lowest BCUT2D eigenvalue weighted by Gasteiger charge is -2.06. The maximum Gasteiger partial charge on any atom is -0.0181 e. The van der Waals surface area contributed by atoms with Crippen molar-refractivity contribution in [3.8, 4) is 11.1 Å². The summed E-state index contributed by atoms with van der Waals surface area (Å²) in [5.41, 5.74) is 5.43. The molecule has 2 rings (SSSR count). The summed E-state index contributed by atoms with van der Waals surface area (Å²) in [5, 5.41) is 0. The third-order valence-corrected chi connectivity index (χ3v) is 3.87. The second-order valence-corrected chi connectivity index (χ2v) is 5.73. The maximum absolute atomic E-state index is 2.29. The SMILES string of the molecule is CCCCCCCc1ccc(-c2cccc(C)c2)cc1. The fourth-order valence-corrected chi connectivity index (χ4v) is 2.62. The van der Waals surface area contributed by atoms with E-state index >= 15 is 0 Å². The van der Waals surface area contributed by atoms with E-state index in [1.165, 1.54) is 60.8 Å². The predicted molar refractivity (Wildman–Crippen MR) is 89.1 cm³/mol. The maximum atomic E-state index is 2.29. The van der Waals surface area contributed by atoms with Gasteiger partial charge in [0.15, 0.2) is 0 Å². The molecule has 0 aliphatic carbocycles. The molecule has 2 aromatic carbocycles. The number of aryl methyl sites for hydroxylation is 2. The van der Waals surface area contributed by atoms with E-state index in [0.717, 1.165) is 0 Å². The van der Waals surface area contributed by atoms with Crippen LogP contribution < -0.4 is 0 Å². The van der Waals surface area contributed by atoms with Gasteiger partial charge in [-0.3, -0.25) is 0 Å². The summed E-state index contributed by atoms with van der Waals surface area (Å²) in [6.07, 6.45) is 8.00. The Hall–Kier alpha value is -1.56. The van der Waals surface area contributed by atoms with Crippen LogP contribution in [0.2, 0.25) is 0 Å². The molecular formula is C20H26. The van der Waals surface area contributed by atoms with Crippen LogP contribution in [0, 0.1) is 6.92 Å². The molecule has 0 aliphatic heterocycles. The van der Waals surface area contributed by atoms with Crippen molar-refractivity contribution in [1.29, 1.82) is 0 Å². The summed E-state index contributed by atoms with van der Waals surface area (Å²) in [4.78, 5) is 0. The normalized spacial score (nSPS) is 10.7. The van der Waals surface area contributed by atoms with Crippen LogP contribution >= 0.6 is 0 Å². The predicted octanol–water partition coefficient (Wildman–Crippen LogP) is 6.17. The van der Waals surface area contributed by atoms with Crippen LogP contribution in [0.25, 0.3) is 11.1 Å². The number of rotatable bonds is 7. The van der Waals surface area contributed by atoms with Crippen molar-refractivity contribution in [2.24, 2.45) is 0 Å². The van der Waals surface area contributed by atoms with Crippen LogP contribution in [0.1, 0.15) is 50.2 Å². The Bertz CT molecular complexity index is 508. The van der Waals surface area contributed by atoms with Crippen LogP contribution in [-0.4, -0.2) is 0 Å². The van der Waals surface area contributed by atoms with E-state index in [-0.39, 0.29) is 0 Å². The van der Waals surface area contributed by atoms with E-state index in [2.05, 4.69) is 62.4 Å². The molecule has 0 saturated heterocycles. The van der Waals surface area contributed by atoms with Gasteiger partial charge in [-0.1, -0.05) is 86.7 Å². The average Bonchev–Trinajstić information content (AvgIpc) is 2.48. The highest BCUT2D eigenvalue weighted by atomic mass is 14.0. The lowest BCUT2D eigenvalue weighted by Crippen LogP contribution is -1.87. The Kier molecular flexibility index (Phi) is 5.86. The first kappa shape index (κ1) is 14.8. The van der Waals surface area contributed by atoms with Gasteiger partial charge < -0.3 is 0 Å². The molecule has 0 N–H and O–H groups in total. The highest BCUT2D eigenvalue weighted by Gasteiger charge is 1.99. The third-order valence-electron chi connectivity index (χ3n) is 3.87. The number of unbranched alkanes of at least 4 members (excludes halogenated alkanes) is 4. The Morgan fingerprint density at radius 1 is 0.750 bits per heavy atom. The van der Waals surface area contributed by atoms with Crippen molar-refractivity contribution in [2.45, 2.75) is 52.4 Å². The lowest BCUT2D eigenvalue weighted by molar-refractivity contribution is 0.632. The highest BCUT2D eigenvalue weighted by Crippen LogP contribution is 2.21. The zero-order valence-electron chi connectivity index (χ0n) is 12.9. The average molecular weight is 266 g/mol. The monoisotopic (exact) mass is 266 g/mol. The van der Waals surface area contributed by atoms with Crippen LogP contribution in [0.3, 0.4) is 0 Å². The van der Waals surface area contributed by atoms with Crippen molar-refractivity contribution < 1.29 is 0 Å². The van der Waals surface area contributed by atoms with Crippen LogP contribution in [0.15, 0.2) is 48.5 Å². The van der Waals surface area contributed by atoms with E-state index in [9.17, 15) is 0 Å². The van der Waals surface area contributed by atoms with Gasteiger partial charge in [-0.25, -0.2) is 0 Å². The number of benzene rings is 2. The van der Waals surface area contributed by atoms with Crippen LogP contribution in [0.5, 0.6) is 0 Å². The van der Waals surface area contributed by atoms with Crippen molar-refractivity contribution in [3.05, 3.63) is 59.7 Å². The van der Waals surface area contributed by atoms with E-state index in [0.29, 0.717) is 0 Å². The number of hydrogen-bond acceptors (Lipinski definition) is 0. The molecule has 0 radical (unpaired) electrons. The summed E-state index contributed by atoms with van der Waals surface area (Å²) in [6, 6.07) is 17.8. The Labute approximate surface area is 123 Å². The first-order chi connectivity index (χ1) is 9.79. The molecule has 0 spiro atoms. The van der Waals surface area contributed by atoms with Gasteiger partial charge in [0, 0.05) is 0 Å². The largest absolute Gasteiger partial charge is 0.0654 e. The second kappa shape index (κ2) is 7.89. The smallest absolute Gasteiger partial charge is 0.0181 e. The molecule has 0 heterocycles. The topological polar surface area (TPSA) is 0 Å². The third kappa shape index (κ3) is 4.52. The minimum absolute atomic E-state index is 1.22. The minimum atomic E-state index is 1.22. The quantitative estimate of drug-likeness (QED) is 0.525. The summed E-state index contributed by atoms with van der Waals surface area (Å²) >= 11 is 0. The Morgan fingerprint density at radius 3 is 2.20 bits per heavy atom. The standard InChI is InChI=1S/C20H26/c1-3-4-5-6-7-10-18-12-14-19(15-13-18)20-11-8-9-17(2)16-20/h8-9,11-16H,3-7,10H2,1-2H3. The first-order valence-corrected chi connectivity index (χ1v) is 7.95. The lowest BCUT2D eigenvalue weighted by atomic mass is 10.00. The molecule has 0 fully saturated rings. The molecule has 0 saturated carbocycles. The molecule has 0 amide bonds. The first-order valence-electron chi connectivity index (χ1n) is 7.95. The van der Waals surface area contributed by atoms with Crippen molar-refractivity contribution in [3.63, 3.8) is 0 Å². The highest BCUT2D eigenvalue weighted by molar-refractivity contribution is 5.64. The van der Waals surface area contributed by atoms with Gasteiger partial charge in [0.2, 0.25) is 0 Å². The Balaban J connectivity index is 1.90. The van der Waals surface area contributed by atoms with Gasteiger partial charge in [-0.15, -0.1) is 0 Å². The molecule has 0 bridgehead atoms. The molecule has 0 heteroatoms. The molecule has 106 valence electrons. The Morgan fingerprint density at radius 2 is 1.50 bits per heavy atom. The molecule has 0 aliphatic rings. The van der Waals surface area contributed by atoms with E-state index in [4.69, 9.17) is 0 Å². The van der Waals surface area contributed by atoms with Crippen molar-refractivity contribution in [2.75, 3.05) is 0 Å². The van der Waals surface area contributed by atoms with Gasteiger partial charge in [0.05, 0.1) is 0 Å². The molecule has 2 aromatic rings. The summed E-state index contributed by atoms with van der Waals surface area (Å²) in [7, 11) is 0. The van der Waals surface area contributed by atoms with Gasteiger partial charge in [-0.2, -0.15) is 0 Å². The van der Waals surface area contributed by atoms with Crippen LogP contribution in [0.4, 0.5) is 0 Å². The summed E-state index contributed by atoms with van der Waals surface area (Å²) in [5.74, 6) is 0. The van der Waals surface area contributed by atoms with Gasteiger partial charge in [-0.05, 0) is 36.5 Å². The molecule has 20 heavy (non-hydrogen) atoms.